The number of amides is 1. The number of likely N-dealkylation sites (tertiary alicyclic amines) is 1. The Labute approximate surface area is 98.1 Å². The third-order valence-electron chi connectivity index (χ3n) is 3.19. The summed E-state index contributed by atoms with van der Waals surface area (Å²) in [5.41, 5.74) is 6.05. The molecule has 1 fully saturated rings. The molecule has 2 unspecified atom stereocenters. The summed E-state index contributed by atoms with van der Waals surface area (Å²) in [5.74, 6) is 0.919. The van der Waals surface area contributed by atoms with Gasteiger partial charge in [-0.3, -0.25) is 0 Å². The SMILES string of the molecule is COC(=O)N1CC(CN)C(CC(C)(C)C)C1. The van der Waals surface area contributed by atoms with Crippen molar-refractivity contribution in [3.8, 4) is 0 Å². The van der Waals surface area contributed by atoms with Gasteiger partial charge in [-0.1, -0.05) is 20.8 Å². The van der Waals surface area contributed by atoms with Crippen LogP contribution in [-0.4, -0.2) is 37.7 Å². The van der Waals surface area contributed by atoms with Crippen LogP contribution in [0.25, 0.3) is 0 Å². The summed E-state index contributed by atoms with van der Waals surface area (Å²) < 4.78 is 4.75. The van der Waals surface area contributed by atoms with Crippen molar-refractivity contribution < 1.29 is 9.53 Å². The smallest absolute Gasteiger partial charge is 0.409 e. The zero-order valence-corrected chi connectivity index (χ0v) is 10.8. The number of carbonyl (C=O) groups is 1. The third-order valence-corrected chi connectivity index (χ3v) is 3.19. The average molecular weight is 228 g/mol. The lowest BCUT2D eigenvalue weighted by molar-refractivity contribution is 0.130. The zero-order chi connectivity index (χ0) is 12.3. The average Bonchev–Trinajstić information content (AvgIpc) is 2.57. The Morgan fingerprint density at radius 2 is 1.94 bits per heavy atom. The molecule has 0 aromatic heterocycles. The Bertz CT molecular complexity index is 248. The molecule has 0 radical (unpaired) electrons. The van der Waals surface area contributed by atoms with Gasteiger partial charge in [0, 0.05) is 13.1 Å². The van der Waals surface area contributed by atoms with Crippen molar-refractivity contribution in [3.05, 3.63) is 0 Å². The molecular formula is C12H24N2O2. The van der Waals surface area contributed by atoms with Crippen LogP contribution in [0.4, 0.5) is 4.79 Å². The van der Waals surface area contributed by atoms with Crippen molar-refractivity contribution in [1.29, 1.82) is 0 Å². The first-order valence-electron chi connectivity index (χ1n) is 5.90. The molecule has 0 bridgehead atoms. The van der Waals surface area contributed by atoms with Crippen molar-refractivity contribution in [3.63, 3.8) is 0 Å². The van der Waals surface area contributed by atoms with E-state index in [1.54, 1.807) is 4.90 Å². The van der Waals surface area contributed by atoms with Gasteiger partial charge in [-0.2, -0.15) is 0 Å². The highest BCUT2D eigenvalue weighted by Gasteiger charge is 2.36. The van der Waals surface area contributed by atoms with Crippen LogP contribution in [0, 0.1) is 17.3 Å². The van der Waals surface area contributed by atoms with Gasteiger partial charge in [0.05, 0.1) is 7.11 Å². The molecule has 1 amide bonds. The number of rotatable bonds is 2. The molecule has 0 aliphatic carbocycles. The van der Waals surface area contributed by atoms with Crippen LogP contribution in [-0.2, 0) is 4.74 Å². The lowest BCUT2D eigenvalue weighted by atomic mass is 9.80. The summed E-state index contributed by atoms with van der Waals surface area (Å²) in [6.07, 6.45) is 0.873. The number of hydrogen-bond donors (Lipinski definition) is 1. The van der Waals surface area contributed by atoms with E-state index in [0.717, 1.165) is 19.5 Å². The van der Waals surface area contributed by atoms with Gasteiger partial charge >= 0.3 is 6.09 Å². The van der Waals surface area contributed by atoms with Crippen LogP contribution in [0.15, 0.2) is 0 Å². The van der Waals surface area contributed by atoms with Gasteiger partial charge in [0.1, 0.15) is 0 Å². The highest BCUT2D eigenvalue weighted by molar-refractivity contribution is 5.67. The molecule has 4 nitrogen and oxygen atoms in total. The fourth-order valence-corrected chi connectivity index (χ4v) is 2.50. The van der Waals surface area contributed by atoms with Crippen LogP contribution in [0.1, 0.15) is 27.2 Å². The standard InChI is InChI=1S/C12H24N2O2/c1-12(2,3)5-9-7-14(11(15)16-4)8-10(9)6-13/h9-10H,5-8,13H2,1-4H3. The van der Waals surface area contributed by atoms with Crippen LogP contribution in [0.5, 0.6) is 0 Å². The minimum atomic E-state index is -0.227. The van der Waals surface area contributed by atoms with Crippen molar-refractivity contribution in [2.24, 2.45) is 23.0 Å². The van der Waals surface area contributed by atoms with E-state index >= 15 is 0 Å². The second kappa shape index (κ2) is 5.04. The van der Waals surface area contributed by atoms with Gasteiger partial charge in [-0.05, 0) is 30.2 Å². The monoisotopic (exact) mass is 228 g/mol. The Kier molecular flexibility index (Phi) is 4.19. The molecule has 16 heavy (non-hydrogen) atoms. The van der Waals surface area contributed by atoms with E-state index in [0.29, 0.717) is 18.4 Å². The maximum Gasteiger partial charge on any atom is 0.409 e. The van der Waals surface area contributed by atoms with Gasteiger partial charge in [0.15, 0.2) is 0 Å². The minimum absolute atomic E-state index is 0.227. The summed E-state index contributed by atoms with van der Waals surface area (Å²) in [5, 5.41) is 0. The summed E-state index contributed by atoms with van der Waals surface area (Å²) in [6.45, 7) is 8.84. The fraction of sp³-hybridized carbons (Fsp3) is 0.917. The largest absolute Gasteiger partial charge is 0.453 e. The van der Waals surface area contributed by atoms with Crippen molar-refractivity contribution in [1.82, 2.24) is 4.90 Å². The predicted molar refractivity (Wildman–Crippen MR) is 64.1 cm³/mol. The van der Waals surface area contributed by atoms with Gasteiger partial charge in [-0.15, -0.1) is 0 Å². The van der Waals surface area contributed by atoms with E-state index in [-0.39, 0.29) is 11.5 Å². The second-order valence-electron chi connectivity index (χ2n) is 5.90. The second-order valence-corrected chi connectivity index (χ2v) is 5.90. The molecule has 0 spiro atoms. The van der Waals surface area contributed by atoms with Crippen LogP contribution in [0.2, 0.25) is 0 Å². The summed E-state index contributed by atoms with van der Waals surface area (Å²) in [4.78, 5) is 13.2. The highest BCUT2D eigenvalue weighted by Crippen LogP contribution is 2.33. The van der Waals surface area contributed by atoms with E-state index in [1.165, 1.54) is 7.11 Å². The first-order chi connectivity index (χ1) is 7.37. The third kappa shape index (κ3) is 3.37. The maximum atomic E-state index is 11.4. The molecule has 0 aromatic rings. The Morgan fingerprint density at radius 1 is 1.38 bits per heavy atom. The summed E-state index contributed by atoms with van der Waals surface area (Å²) >= 11 is 0. The van der Waals surface area contributed by atoms with E-state index in [9.17, 15) is 4.79 Å². The van der Waals surface area contributed by atoms with E-state index < -0.39 is 0 Å². The van der Waals surface area contributed by atoms with E-state index in [1.807, 2.05) is 0 Å². The number of methoxy groups -OCH3 is 1. The van der Waals surface area contributed by atoms with Crippen molar-refractivity contribution in [2.45, 2.75) is 27.2 Å². The zero-order valence-electron chi connectivity index (χ0n) is 10.8. The van der Waals surface area contributed by atoms with E-state index in [4.69, 9.17) is 10.5 Å². The molecule has 1 rings (SSSR count). The molecule has 94 valence electrons. The fourth-order valence-electron chi connectivity index (χ4n) is 2.50. The maximum absolute atomic E-state index is 11.4. The molecule has 1 aliphatic rings. The lowest BCUT2D eigenvalue weighted by Gasteiger charge is -2.25. The first kappa shape index (κ1) is 13.3. The Balaban J connectivity index is 2.61. The van der Waals surface area contributed by atoms with Crippen LogP contribution < -0.4 is 5.73 Å². The van der Waals surface area contributed by atoms with E-state index in [2.05, 4.69) is 20.8 Å². The Morgan fingerprint density at radius 3 is 2.38 bits per heavy atom. The summed E-state index contributed by atoms with van der Waals surface area (Å²) in [7, 11) is 1.43. The number of carbonyl (C=O) groups excluding carboxylic acids is 1. The number of hydrogen-bond acceptors (Lipinski definition) is 3. The molecular weight excluding hydrogens is 204 g/mol. The Hall–Kier alpha value is -0.770. The number of nitrogens with two attached hydrogens (primary N) is 1. The molecule has 2 atom stereocenters. The molecule has 0 aromatic carbocycles. The summed E-state index contributed by atoms with van der Waals surface area (Å²) in [6, 6.07) is 0. The predicted octanol–water partition coefficient (Wildman–Crippen LogP) is 1.70. The highest BCUT2D eigenvalue weighted by atomic mass is 16.5. The van der Waals surface area contributed by atoms with Gasteiger partial charge in [0.2, 0.25) is 0 Å². The molecule has 1 aliphatic heterocycles. The first-order valence-corrected chi connectivity index (χ1v) is 5.90. The quantitative estimate of drug-likeness (QED) is 0.782. The lowest BCUT2D eigenvalue weighted by Crippen LogP contribution is -2.29. The molecule has 1 heterocycles. The van der Waals surface area contributed by atoms with Crippen molar-refractivity contribution in [2.75, 3.05) is 26.7 Å². The number of nitrogens with zero attached hydrogens (tertiary/aromatic N) is 1. The van der Waals surface area contributed by atoms with Gasteiger partial charge in [-0.25, -0.2) is 4.79 Å². The molecule has 1 saturated heterocycles. The van der Waals surface area contributed by atoms with Crippen molar-refractivity contribution >= 4 is 6.09 Å². The molecule has 0 saturated carbocycles. The minimum Gasteiger partial charge on any atom is -0.453 e. The molecule has 4 heteroatoms. The topological polar surface area (TPSA) is 55.6 Å². The van der Waals surface area contributed by atoms with Gasteiger partial charge in [0.25, 0.3) is 0 Å². The van der Waals surface area contributed by atoms with Crippen LogP contribution in [0.3, 0.4) is 0 Å². The van der Waals surface area contributed by atoms with Gasteiger partial charge < -0.3 is 15.4 Å². The number of ether oxygens (including phenoxy) is 1. The molecule has 2 N–H and O–H groups in total. The van der Waals surface area contributed by atoms with Crippen LogP contribution >= 0.6 is 0 Å². The normalized spacial score (nSPS) is 25.9.